The van der Waals surface area contributed by atoms with Gasteiger partial charge in [-0.25, -0.2) is 4.79 Å². The first kappa shape index (κ1) is 16.0. The van der Waals surface area contributed by atoms with Crippen LogP contribution in [0, 0.1) is 0 Å². The van der Waals surface area contributed by atoms with Gasteiger partial charge >= 0.3 is 5.97 Å². The van der Waals surface area contributed by atoms with Gasteiger partial charge in [-0.1, -0.05) is 6.92 Å². The van der Waals surface area contributed by atoms with Crippen LogP contribution in [0.1, 0.15) is 20.3 Å². The molecule has 1 rings (SSSR count). The van der Waals surface area contributed by atoms with Crippen molar-refractivity contribution in [1.82, 2.24) is 0 Å². The maximum absolute atomic E-state index is 11.7. The van der Waals surface area contributed by atoms with Gasteiger partial charge in [-0.2, -0.15) is 0 Å². The van der Waals surface area contributed by atoms with E-state index in [0.29, 0.717) is 12.3 Å². The summed E-state index contributed by atoms with van der Waals surface area (Å²) >= 11 is 0. The average molecular weight is 280 g/mol. The highest BCUT2D eigenvalue weighted by molar-refractivity contribution is 6.08. The van der Waals surface area contributed by atoms with Crippen molar-refractivity contribution in [2.75, 3.05) is 18.5 Å². The molecule has 20 heavy (non-hydrogen) atoms. The second-order valence-electron chi connectivity index (χ2n) is 4.09. The van der Waals surface area contributed by atoms with Crippen molar-refractivity contribution < 1.29 is 19.1 Å². The first-order chi connectivity index (χ1) is 9.58. The Bertz CT molecular complexity index is 445. The van der Waals surface area contributed by atoms with Crippen LogP contribution in [0.4, 0.5) is 5.69 Å². The predicted octanol–water partition coefficient (Wildman–Crippen LogP) is 1.30. The van der Waals surface area contributed by atoms with Gasteiger partial charge in [0.1, 0.15) is 5.75 Å². The molecule has 1 aromatic rings. The molecule has 1 unspecified atom stereocenters. The van der Waals surface area contributed by atoms with Gasteiger partial charge < -0.3 is 20.5 Å². The zero-order valence-electron chi connectivity index (χ0n) is 11.7. The lowest BCUT2D eigenvalue weighted by molar-refractivity contribution is -0.146. The molecule has 0 radical (unpaired) electrons. The molecule has 0 saturated heterocycles. The van der Waals surface area contributed by atoms with Gasteiger partial charge in [0.2, 0.25) is 0 Å². The number of hydrogen-bond acceptors (Lipinski definition) is 5. The van der Waals surface area contributed by atoms with Crippen LogP contribution in [0.15, 0.2) is 24.3 Å². The van der Waals surface area contributed by atoms with Gasteiger partial charge in [0.05, 0.1) is 13.2 Å². The summed E-state index contributed by atoms with van der Waals surface area (Å²) in [5, 5.41) is 2.54. The summed E-state index contributed by atoms with van der Waals surface area (Å²) in [6, 6.07) is 5.51. The number of carbonyl (C=O) groups is 2. The first-order valence-corrected chi connectivity index (χ1v) is 6.54. The first-order valence-electron chi connectivity index (χ1n) is 6.54. The van der Waals surface area contributed by atoms with Crippen LogP contribution in [-0.4, -0.2) is 31.1 Å². The fraction of sp³-hybridized carbons (Fsp3) is 0.429. The highest BCUT2D eigenvalue weighted by Gasteiger charge is 2.23. The predicted molar refractivity (Wildman–Crippen MR) is 75.5 cm³/mol. The Kier molecular flexibility index (Phi) is 6.52. The number of esters is 1. The van der Waals surface area contributed by atoms with E-state index in [4.69, 9.17) is 10.5 Å². The molecule has 3 N–H and O–H groups in total. The maximum atomic E-state index is 11.7. The molecule has 0 bridgehead atoms. The van der Waals surface area contributed by atoms with E-state index < -0.39 is 17.9 Å². The van der Waals surface area contributed by atoms with E-state index in [9.17, 15) is 9.59 Å². The topological polar surface area (TPSA) is 90.6 Å². The van der Waals surface area contributed by atoms with Gasteiger partial charge in [0.15, 0.2) is 6.04 Å². The van der Waals surface area contributed by atoms with Crippen molar-refractivity contribution >= 4 is 17.6 Å². The van der Waals surface area contributed by atoms with Crippen LogP contribution in [0.2, 0.25) is 0 Å². The monoisotopic (exact) mass is 280 g/mol. The summed E-state index contributed by atoms with van der Waals surface area (Å²) in [5.41, 5.74) is 6.02. The van der Waals surface area contributed by atoms with Gasteiger partial charge in [-0.3, -0.25) is 4.79 Å². The van der Waals surface area contributed by atoms with Gasteiger partial charge in [0.25, 0.3) is 5.91 Å². The maximum Gasteiger partial charge on any atom is 0.332 e. The number of hydrogen-bond donors (Lipinski definition) is 2. The smallest absolute Gasteiger partial charge is 0.332 e. The zero-order chi connectivity index (χ0) is 15.0. The molecule has 0 spiro atoms. The Hall–Kier alpha value is -2.08. The van der Waals surface area contributed by atoms with Crippen LogP contribution >= 0.6 is 0 Å². The van der Waals surface area contributed by atoms with Crippen molar-refractivity contribution in [3.63, 3.8) is 0 Å². The number of benzene rings is 1. The standard InChI is InChI=1S/C14H20N2O4/c1-3-9-20-11-7-5-10(6-8-11)16-13(17)12(15)14(18)19-4-2/h5-8,12H,3-4,9,15H2,1-2H3,(H,16,17). The van der Waals surface area contributed by atoms with Crippen molar-refractivity contribution in [2.24, 2.45) is 5.73 Å². The van der Waals surface area contributed by atoms with Crippen LogP contribution in [0.25, 0.3) is 0 Å². The number of nitrogens with one attached hydrogen (secondary N) is 1. The Morgan fingerprint density at radius 1 is 1.25 bits per heavy atom. The van der Waals surface area contributed by atoms with E-state index in [1.54, 1.807) is 31.2 Å². The Balaban J connectivity index is 2.55. The minimum atomic E-state index is -1.33. The van der Waals surface area contributed by atoms with Crippen molar-refractivity contribution in [3.8, 4) is 5.75 Å². The highest BCUT2D eigenvalue weighted by Crippen LogP contribution is 2.16. The number of carbonyl (C=O) groups excluding carboxylic acids is 2. The number of anilines is 1. The molecule has 1 atom stereocenters. The Morgan fingerprint density at radius 2 is 1.90 bits per heavy atom. The third kappa shape index (κ3) is 4.89. The molecular formula is C14H20N2O4. The molecule has 0 heterocycles. The third-order valence-corrected chi connectivity index (χ3v) is 2.42. The van der Waals surface area contributed by atoms with Gasteiger partial charge in [0, 0.05) is 5.69 Å². The molecule has 0 fully saturated rings. The van der Waals surface area contributed by atoms with Crippen molar-refractivity contribution in [1.29, 1.82) is 0 Å². The average Bonchev–Trinajstić information content (AvgIpc) is 2.46. The van der Waals surface area contributed by atoms with Crippen LogP contribution in [0.3, 0.4) is 0 Å². The fourth-order valence-corrected chi connectivity index (χ4v) is 1.41. The summed E-state index contributed by atoms with van der Waals surface area (Å²) in [7, 11) is 0. The van der Waals surface area contributed by atoms with E-state index in [-0.39, 0.29) is 6.61 Å². The second kappa shape index (κ2) is 8.16. The largest absolute Gasteiger partial charge is 0.494 e. The lowest BCUT2D eigenvalue weighted by atomic mass is 10.2. The number of ether oxygens (including phenoxy) is 2. The van der Waals surface area contributed by atoms with Crippen molar-refractivity contribution in [2.45, 2.75) is 26.3 Å². The number of nitrogens with two attached hydrogens (primary N) is 1. The van der Waals surface area contributed by atoms with Crippen LogP contribution in [-0.2, 0) is 14.3 Å². The lowest BCUT2D eigenvalue weighted by Gasteiger charge is -2.11. The second-order valence-corrected chi connectivity index (χ2v) is 4.09. The van der Waals surface area contributed by atoms with Crippen LogP contribution in [0.5, 0.6) is 5.75 Å². The summed E-state index contributed by atoms with van der Waals surface area (Å²) in [4.78, 5) is 23.0. The zero-order valence-corrected chi connectivity index (χ0v) is 11.7. The minimum Gasteiger partial charge on any atom is -0.494 e. The molecule has 110 valence electrons. The van der Waals surface area contributed by atoms with Gasteiger partial charge in [-0.05, 0) is 37.6 Å². The normalized spacial score (nSPS) is 11.6. The molecule has 0 aliphatic rings. The molecule has 0 aliphatic heterocycles. The van der Waals surface area contributed by atoms with E-state index in [2.05, 4.69) is 10.1 Å². The molecule has 1 amide bonds. The molecule has 0 aromatic heterocycles. The summed E-state index contributed by atoms with van der Waals surface area (Å²) in [6.45, 7) is 4.49. The SMILES string of the molecule is CCCOc1ccc(NC(=O)C(N)C(=O)OCC)cc1. The summed E-state index contributed by atoms with van der Waals surface area (Å²) < 4.78 is 10.1. The Labute approximate surface area is 118 Å². The summed E-state index contributed by atoms with van der Waals surface area (Å²) in [5.74, 6) is -0.627. The lowest BCUT2D eigenvalue weighted by Crippen LogP contribution is -2.43. The number of amides is 1. The van der Waals surface area contributed by atoms with Crippen LogP contribution < -0.4 is 15.8 Å². The van der Waals surface area contributed by atoms with E-state index in [1.807, 2.05) is 6.92 Å². The minimum absolute atomic E-state index is 0.184. The van der Waals surface area contributed by atoms with E-state index in [0.717, 1.165) is 12.2 Å². The molecule has 1 aromatic carbocycles. The Morgan fingerprint density at radius 3 is 2.45 bits per heavy atom. The third-order valence-electron chi connectivity index (χ3n) is 2.42. The molecule has 6 heteroatoms. The molecular weight excluding hydrogens is 260 g/mol. The molecule has 0 saturated carbocycles. The van der Waals surface area contributed by atoms with E-state index >= 15 is 0 Å². The highest BCUT2D eigenvalue weighted by atomic mass is 16.5. The molecule has 6 nitrogen and oxygen atoms in total. The number of rotatable bonds is 7. The summed E-state index contributed by atoms with van der Waals surface area (Å²) in [6.07, 6.45) is 0.923. The molecule has 0 aliphatic carbocycles. The quantitative estimate of drug-likeness (QED) is 0.580. The van der Waals surface area contributed by atoms with E-state index in [1.165, 1.54) is 0 Å². The van der Waals surface area contributed by atoms with Gasteiger partial charge in [-0.15, -0.1) is 0 Å². The van der Waals surface area contributed by atoms with Crippen molar-refractivity contribution in [3.05, 3.63) is 24.3 Å². The fourth-order valence-electron chi connectivity index (χ4n) is 1.41.